The molecule has 11 heteroatoms. The van der Waals surface area contributed by atoms with Crippen molar-refractivity contribution in [2.24, 2.45) is 0 Å². The lowest BCUT2D eigenvalue weighted by atomic mass is 10.3. The largest absolute Gasteiger partial charge is 0.486 e. The topological polar surface area (TPSA) is 123 Å². The highest BCUT2D eigenvalue weighted by molar-refractivity contribution is 7.92. The number of rotatable bonds is 7. The Balaban J connectivity index is 1.34. The number of anilines is 2. The second kappa shape index (κ2) is 9.28. The number of sulfonamides is 1. The van der Waals surface area contributed by atoms with Gasteiger partial charge in [-0.25, -0.2) is 8.42 Å². The van der Waals surface area contributed by atoms with Crippen LogP contribution in [0.2, 0.25) is 0 Å². The standard InChI is InChI=1S/C21H19N3O6S2/c25-20(13-22-21(26)19-2-1-11-31-19)23-14-3-5-15(6-4-14)24-32(27,28)16-7-8-17-18(12-16)30-10-9-29-17/h1-8,11-12,24H,9-10,13H2,(H,22,26)(H,23,25). The summed E-state index contributed by atoms with van der Waals surface area (Å²) >= 11 is 1.28. The fourth-order valence-corrected chi connectivity index (χ4v) is 4.60. The molecule has 0 spiro atoms. The first-order valence-corrected chi connectivity index (χ1v) is 11.9. The van der Waals surface area contributed by atoms with Crippen molar-refractivity contribution in [3.63, 3.8) is 0 Å². The van der Waals surface area contributed by atoms with Gasteiger partial charge in [-0.3, -0.25) is 14.3 Å². The van der Waals surface area contributed by atoms with Crippen LogP contribution < -0.4 is 24.8 Å². The molecule has 0 atom stereocenters. The van der Waals surface area contributed by atoms with Gasteiger partial charge in [0.2, 0.25) is 5.91 Å². The number of fused-ring (bicyclic) bond motifs is 1. The van der Waals surface area contributed by atoms with Gasteiger partial charge in [0.25, 0.3) is 15.9 Å². The van der Waals surface area contributed by atoms with Gasteiger partial charge in [0.1, 0.15) is 13.2 Å². The Labute approximate surface area is 188 Å². The molecular formula is C21H19N3O6S2. The van der Waals surface area contributed by atoms with Gasteiger partial charge in [-0.2, -0.15) is 0 Å². The maximum Gasteiger partial charge on any atom is 0.262 e. The average Bonchev–Trinajstić information content (AvgIpc) is 3.33. The fourth-order valence-electron chi connectivity index (χ4n) is 2.89. The zero-order valence-electron chi connectivity index (χ0n) is 16.7. The van der Waals surface area contributed by atoms with Gasteiger partial charge in [0, 0.05) is 17.4 Å². The smallest absolute Gasteiger partial charge is 0.262 e. The van der Waals surface area contributed by atoms with E-state index in [0.29, 0.717) is 41.0 Å². The predicted octanol–water partition coefficient (Wildman–Crippen LogP) is 2.69. The SMILES string of the molecule is O=C(CNC(=O)c1cccs1)Nc1ccc(NS(=O)(=O)c2ccc3c(c2)OCCO3)cc1. The molecule has 1 aliphatic rings. The van der Waals surface area contributed by atoms with E-state index < -0.39 is 15.9 Å². The Bertz CT molecular complexity index is 1220. The summed E-state index contributed by atoms with van der Waals surface area (Å²) in [6.45, 7) is 0.589. The van der Waals surface area contributed by atoms with Crippen LogP contribution in [0.25, 0.3) is 0 Å². The summed E-state index contributed by atoms with van der Waals surface area (Å²) in [4.78, 5) is 24.5. The molecule has 1 aromatic heterocycles. The van der Waals surface area contributed by atoms with Crippen molar-refractivity contribution in [2.75, 3.05) is 29.8 Å². The normalized spacial score (nSPS) is 12.6. The molecule has 32 heavy (non-hydrogen) atoms. The molecule has 0 unspecified atom stereocenters. The first-order valence-electron chi connectivity index (χ1n) is 9.55. The van der Waals surface area contributed by atoms with Crippen LogP contribution in [0.1, 0.15) is 9.67 Å². The Kier molecular flexibility index (Phi) is 6.28. The van der Waals surface area contributed by atoms with E-state index >= 15 is 0 Å². The Hall–Kier alpha value is -3.57. The third kappa shape index (κ3) is 5.18. The first-order chi connectivity index (χ1) is 15.4. The summed E-state index contributed by atoms with van der Waals surface area (Å²) in [6.07, 6.45) is 0. The van der Waals surface area contributed by atoms with E-state index in [4.69, 9.17) is 9.47 Å². The molecule has 4 rings (SSSR count). The van der Waals surface area contributed by atoms with Crippen molar-refractivity contribution in [1.29, 1.82) is 0 Å². The highest BCUT2D eigenvalue weighted by atomic mass is 32.2. The van der Waals surface area contributed by atoms with E-state index in [2.05, 4.69) is 15.4 Å². The monoisotopic (exact) mass is 473 g/mol. The van der Waals surface area contributed by atoms with Crippen LogP contribution in [0.5, 0.6) is 11.5 Å². The maximum absolute atomic E-state index is 12.7. The van der Waals surface area contributed by atoms with E-state index in [-0.39, 0.29) is 17.3 Å². The third-order valence-electron chi connectivity index (χ3n) is 4.40. The number of thiophene rings is 1. The summed E-state index contributed by atoms with van der Waals surface area (Å²) in [5.74, 6) is 0.156. The van der Waals surface area contributed by atoms with Gasteiger partial charge in [-0.05, 0) is 47.8 Å². The summed E-state index contributed by atoms with van der Waals surface area (Å²) < 4.78 is 38.7. The van der Waals surface area contributed by atoms with Gasteiger partial charge >= 0.3 is 0 Å². The van der Waals surface area contributed by atoms with Crippen LogP contribution >= 0.6 is 11.3 Å². The Morgan fingerprint density at radius 1 is 0.938 bits per heavy atom. The third-order valence-corrected chi connectivity index (χ3v) is 6.65. The van der Waals surface area contributed by atoms with Crippen molar-refractivity contribution in [2.45, 2.75) is 4.90 Å². The summed E-state index contributed by atoms with van der Waals surface area (Å²) in [6, 6.07) is 14.0. The zero-order chi connectivity index (χ0) is 22.6. The van der Waals surface area contributed by atoms with Crippen molar-refractivity contribution in [1.82, 2.24) is 5.32 Å². The van der Waals surface area contributed by atoms with E-state index in [9.17, 15) is 18.0 Å². The molecule has 0 bridgehead atoms. The van der Waals surface area contributed by atoms with E-state index in [1.165, 1.54) is 35.6 Å². The molecular weight excluding hydrogens is 454 g/mol. The van der Waals surface area contributed by atoms with Gasteiger partial charge in [-0.15, -0.1) is 11.3 Å². The van der Waals surface area contributed by atoms with Crippen molar-refractivity contribution < 1.29 is 27.5 Å². The number of hydrogen-bond acceptors (Lipinski definition) is 7. The van der Waals surface area contributed by atoms with Gasteiger partial charge in [-0.1, -0.05) is 6.07 Å². The number of hydrogen-bond donors (Lipinski definition) is 3. The highest BCUT2D eigenvalue weighted by Crippen LogP contribution is 2.32. The lowest BCUT2D eigenvalue weighted by molar-refractivity contribution is -0.115. The van der Waals surface area contributed by atoms with Crippen molar-refractivity contribution in [3.8, 4) is 11.5 Å². The van der Waals surface area contributed by atoms with Gasteiger partial charge in [0.15, 0.2) is 11.5 Å². The highest BCUT2D eigenvalue weighted by Gasteiger charge is 2.19. The molecule has 0 saturated carbocycles. The lowest BCUT2D eigenvalue weighted by Crippen LogP contribution is -2.32. The summed E-state index contributed by atoms with van der Waals surface area (Å²) in [5.41, 5.74) is 0.784. The minimum absolute atomic E-state index is 0.0422. The second-order valence-corrected chi connectivity index (χ2v) is 9.33. The molecule has 2 heterocycles. The molecule has 2 amide bonds. The minimum atomic E-state index is -3.84. The Morgan fingerprint density at radius 2 is 1.66 bits per heavy atom. The molecule has 0 radical (unpaired) electrons. The summed E-state index contributed by atoms with van der Waals surface area (Å²) in [7, 11) is -3.84. The van der Waals surface area contributed by atoms with Crippen LogP contribution in [0.3, 0.4) is 0 Å². The number of carbonyl (C=O) groups excluding carboxylic acids is 2. The molecule has 2 aromatic carbocycles. The summed E-state index contributed by atoms with van der Waals surface area (Å²) in [5, 5.41) is 6.95. The molecule has 166 valence electrons. The molecule has 1 aliphatic heterocycles. The van der Waals surface area contributed by atoms with Crippen LogP contribution in [0, 0.1) is 0 Å². The molecule has 9 nitrogen and oxygen atoms in total. The molecule has 0 saturated heterocycles. The van der Waals surface area contributed by atoms with Gasteiger partial charge < -0.3 is 20.1 Å². The van der Waals surface area contributed by atoms with Crippen molar-refractivity contribution >= 4 is 44.5 Å². The molecule has 0 fully saturated rings. The molecule has 3 aromatic rings. The van der Waals surface area contributed by atoms with E-state index in [0.717, 1.165) is 0 Å². The number of carbonyl (C=O) groups is 2. The first kappa shape index (κ1) is 21.7. The van der Waals surface area contributed by atoms with Crippen LogP contribution in [0.4, 0.5) is 11.4 Å². The minimum Gasteiger partial charge on any atom is -0.486 e. The average molecular weight is 474 g/mol. The quantitative estimate of drug-likeness (QED) is 0.485. The van der Waals surface area contributed by atoms with Crippen LogP contribution in [-0.4, -0.2) is 40.0 Å². The zero-order valence-corrected chi connectivity index (χ0v) is 18.3. The van der Waals surface area contributed by atoms with Crippen LogP contribution in [0.15, 0.2) is 64.9 Å². The van der Waals surface area contributed by atoms with Crippen molar-refractivity contribution in [3.05, 3.63) is 64.9 Å². The number of amides is 2. The number of ether oxygens (including phenoxy) is 2. The van der Waals surface area contributed by atoms with E-state index in [1.54, 1.807) is 35.7 Å². The Morgan fingerprint density at radius 3 is 2.38 bits per heavy atom. The fraction of sp³-hybridized carbons (Fsp3) is 0.143. The van der Waals surface area contributed by atoms with Crippen LogP contribution in [-0.2, 0) is 14.8 Å². The van der Waals surface area contributed by atoms with Gasteiger partial charge in [0.05, 0.1) is 16.3 Å². The number of benzene rings is 2. The van der Waals surface area contributed by atoms with E-state index in [1.807, 2.05) is 0 Å². The molecule has 0 aliphatic carbocycles. The molecule has 3 N–H and O–H groups in total. The second-order valence-electron chi connectivity index (χ2n) is 6.70. The maximum atomic E-state index is 12.7. The predicted molar refractivity (Wildman–Crippen MR) is 120 cm³/mol. The number of nitrogens with one attached hydrogen (secondary N) is 3. The lowest BCUT2D eigenvalue weighted by Gasteiger charge is -2.19.